The lowest BCUT2D eigenvalue weighted by molar-refractivity contribution is -0.136. The number of piperidine rings is 1. The Hall–Kier alpha value is -2.48. The van der Waals surface area contributed by atoms with Crippen molar-refractivity contribution in [1.29, 1.82) is 0 Å². The van der Waals surface area contributed by atoms with E-state index in [0.717, 1.165) is 11.4 Å². The van der Waals surface area contributed by atoms with Gasteiger partial charge in [-0.1, -0.05) is 17.7 Å². The van der Waals surface area contributed by atoms with Gasteiger partial charge >= 0.3 is 0 Å². The molecule has 1 aromatic carbocycles. The normalized spacial score (nSPS) is 22.4. The minimum atomic E-state index is -0.276. The van der Waals surface area contributed by atoms with Gasteiger partial charge in [0.25, 0.3) is 0 Å². The molecule has 2 aliphatic heterocycles. The number of aromatic nitrogens is 1. The number of benzene rings is 1. The van der Waals surface area contributed by atoms with Crippen LogP contribution in [0.2, 0.25) is 5.02 Å². The van der Waals surface area contributed by atoms with Crippen molar-refractivity contribution >= 4 is 29.1 Å². The summed E-state index contributed by atoms with van der Waals surface area (Å²) in [5.74, 6) is -0.0200. The van der Waals surface area contributed by atoms with Gasteiger partial charge in [0.1, 0.15) is 6.04 Å². The fourth-order valence-electron chi connectivity index (χ4n) is 3.85. The number of amides is 2. The van der Waals surface area contributed by atoms with Crippen molar-refractivity contribution in [2.45, 2.75) is 31.3 Å². The van der Waals surface area contributed by atoms with E-state index in [1.165, 1.54) is 0 Å². The first-order valence-corrected chi connectivity index (χ1v) is 10.2. The maximum Gasteiger partial charge on any atom is 0.241 e. The minimum Gasteiger partial charge on any atom is -0.341 e. The van der Waals surface area contributed by atoms with Gasteiger partial charge in [-0.2, -0.15) is 0 Å². The van der Waals surface area contributed by atoms with Gasteiger partial charge in [-0.3, -0.25) is 14.6 Å². The average Bonchev–Trinajstić information content (AvgIpc) is 3.26. The molecule has 3 N–H and O–H groups in total. The SMILES string of the molecule is O=C(Nc1ccc(Cl)cc1)C1CCN(C(=O)C2CC(c3ccccn3)NN2)CC1. The molecule has 0 radical (unpaired) electrons. The van der Waals surface area contributed by atoms with E-state index >= 15 is 0 Å². The monoisotopic (exact) mass is 413 g/mol. The minimum absolute atomic E-state index is 0.00436. The first-order chi connectivity index (χ1) is 14.1. The van der Waals surface area contributed by atoms with Crippen LogP contribution in [-0.4, -0.2) is 40.8 Å². The predicted molar refractivity (Wildman–Crippen MR) is 111 cm³/mol. The quantitative estimate of drug-likeness (QED) is 0.717. The van der Waals surface area contributed by atoms with Crippen LogP contribution in [0.5, 0.6) is 0 Å². The number of halogens is 1. The number of likely N-dealkylation sites (tertiary alicyclic amines) is 1. The molecule has 0 bridgehead atoms. The topological polar surface area (TPSA) is 86.4 Å². The Balaban J connectivity index is 1.26. The lowest BCUT2D eigenvalue weighted by atomic mass is 9.95. The molecule has 0 aliphatic carbocycles. The summed E-state index contributed by atoms with van der Waals surface area (Å²) in [5.41, 5.74) is 7.93. The largest absolute Gasteiger partial charge is 0.341 e. The summed E-state index contributed by atoms with van der Waals surface area (Å²) in [6.07, 6.45) is 3.74. The van der Waals surface area contributed by atoms with Crippen molar-refractivity contribution in [2.24, 2.45) is 5.92 Å². The molecule has 2 unspecified atom stereocenters. The second-order valence-electron chi connectivity index (χ2n) is 7.48. The van der Waals surface area contributed by atoms with Crippen LogP contribution in [0.4, 0.5) is 5.69 Å². The van der Waals surface area contributed by atoms with Crippen molar-refractivity contribution in [3.8, 4) is 0 Å². The summed E-state index contributed by atoms with van der Waals surface area (Å²) >= 11 is 5.88. The van der Waals surface area contributed by atoms with Crippen LogP contribution in [0.25, 0.3) is 0 Å². The molecule has 3 heterocycles. The molecule has 0 saturated carbocycles. The van der Waals surface area contributed by atoms with Crippen LogP contribution >= 0.6 is 11.6 Å². The summed E-state index contributed by atoms with van der Waals surface area (Å²) in [6.45, 7) is 1.17. The molecule has 2 amide bonds. The van der Waals surface area contributed by atoms with Gasteiger partial charge in [0.05, 0.1) is 11.7 Å². The number of hydrogen-bond acceptors (Lipinski definition) is 5. The number of hydrogen-bond donors (Lipinski definition) is 3. The van der Waals surface area contributed by atoms with Crippen molar-refractivity contribution in [1.82, 2.24) is 20.7 Å². The Kier molecular flexibility index (Phi) is 6.08. The van der Waals surface area contributed by atoms with Gasteiger partial charge in [-0.15, -0.1) is 0 Å². The predicted octanol–water partition coefficient (Wildman–Crippen LogP) is 2.52. The van der Waals surface area contributed by atoms with E-state index in [9.17, 15) is 9.59 Å². The highest BCUT2D eigenvalue weighted by Gasteiger charge is 2.35. The van der Waals surface area contributed by atoms with Gasteiger partial charge < -0.3 is 10.2 Å². The van der Waals surface area contributed by atoms with Gasteiger partial charge in [0, 0.05) is 35.9 Å². The van der Waals surface area contributed by atoms with Gasteiger partial charge in [-0.25, -0.2) is 10.9 Å². The van der Waals surface area contributed by atoms with E-state index in [4.69, 9.17) is 11.6 Å². The molecule has 2 saturated heterocycles. The fourth-order valence-corrected chi connectivity index (χ4v) is 3.98. The zero-order valence-electron chi connectivity index (χ0n) is 16.0. The van der Waals surface area contributed by atoms with Crippen molar-refractivity contribution in [2.75, 3.05) is 18.4 Å². The van der Waals surface area contributed by atoms with E-state index in [1.54, 1.807) is 30.5 Å². The molecule has 2 fully saturated rings. The average molecular weight is 414 g/mol. The smallest absolute Gasteiger partial charge is 0.241 e. The number of anilines is 1. The second-order valence-corrected chi connectivity index (χ2v) is 7.92. The van der Waals surface area contributed by atoms with Crippen LogP contribution in [0.15, 0.2) is 48.7 Å². The standard InChI is InChI=1S/C21H24ClN5O2/c22-15-4-6-16(7-5-15)24-20(28)14-8-11-27(12-9-14)21(29)19-13-18(25-26-19)17-3-1-2-10-23-17/h1-7,10,14,18-19,25-26H,8-9,11-13H2,(H,24,28). The number of carbonyl (C=O) groups excluding carboxylic acids is 2. The van der Waals surface area contributed by atoms with Crippen molar-refractivity contribution < 1.29 is 9.59 Å². The molecule has 1 aromatic heterocycles. The third kappa shape index (κ3) is 4.75. The molecular formula is C21H24ClN5O2. The van der Waals surface area contributed by atoms with E-state index in [1.807, 2.05) is 23.1 Å². The highest BCUT2D eigenvalue weighted by Crippen LogP contribution is 2.24. The van der Waals surface area contributed by atoms with Crippen LogP contribution in [0.3, 0.4) is 0 Å². The number of hydrazine groups is 1. The number of nitrogens with zero attached hydrogens (tertiary/aromatic N) is 2. The van der Waals surface area contributed by atoms with Gasteiger partial charge in [-0.05, 0) is 55.7 Å². The molecule has 152 valence electrons. The molecule has 2 aliphatic rings. The Bertz CT molecular complexity index is 853. The molecule has 4 rings (SSSR count). The van der Waals surface area contributed by atoms with Crippen LogP contribution < -0.4 is 16.2 Å². The number of nitrogens with one attached hydrogen (secondary N) is 3. The van der Waals surface area contributed by atoms with E-state index in [-0.39, 0.29) is 29.8 Å². The summed E-state index contributed by atoms with van der Waals surface area (Å²) in [7, 11) is 0. The lowest BCUT2D eigenvalue weighted by Gasteiger charge is -2.32. The highest BCUT2D eigenvalue weighted by atomic mass is 35.5. The molecule has 8 heteroatoms. The Labute approximate surface area is 174 Å². The summed E-state index contributed by atoms with van der Waals surface area (Å²) < 4.78 is 0. The fraction of sp³-hybridized carbons (Fsp3) is 0.381. The maximum absolute atomic E-state index is 12.9. The highest BCUT2D eigenvalue weighted by molar-refractivity contribution is 6.30. The maximum atomic E-state index is 12.9. The summed E-state index contributed by atoms with van der Waals surface area (Å²) in [5, 5.41) is 3.57. The van der Waals surface area contributed by atoms with Crippen molar-refractivity contribution in [3.05, 3.63) is 59.4 Å². The van der Waals surface area contributed by atoms with Crippen LogP contribution in [0, 0.1) is 5.92 Å². The number of rotatable bonds is 4. The van der Waals surface area contributed by atoms with Crippen molar-refractivity contribution in [3.63, 3.8) is 0 Å². The molecule has 2 atom stereocenters. The Morgan fingerprint density at radius 2 is 1.83 bits per heavy atom. The molecular weight excluding hydrogens is 390 g/mol. The first kappa shape index (κ1) is 19.8. The third-order valence-electron chi connectivity index (χ3n) is 5.54. The molecule has 7 nitrogen and oxygen atoms in total. The Morgan fingerprint density at radius 1 is 1.07 bits per heavy atom. The second kappa shape index (κ2) is 8.90. The number of pyridine rings is 1. The molecule has 29 heavy (non-hydrogen) atoms. The van der Waals surface area contributed by atoms with Crippen LogP contribution in [0.1, 0.15) is 31.0 Å². The zero-order valence-corrected chi connectivity index (χ0v) is 16.7. The zero-order chi connectivity index (χ0) is 20.2. The molecule has 2 aromatic rings. The van der Waals surface area contributed by atoms with E-state index in [2.05, 4.69) is 21.2 Å². The van der Waals surface area contributed by atoms with Crippen LogP contribution in [-0.2, 0) is 9.59 Å². The van der Waals surface area contributed by atoms with E-state index in [0.29, 0.717) is 37.4 Å². The van der Waals surface area contributed by atoms with Gasteiger partial charge in [0.15, 0.2) is 0 Å². The lowest BCUT2D eigenvalue weighted by Crippen LogP contribution is -2.49. The van der Waals surface area contributed by atoms with Gasteiger partial charge in [0.2, 0.25) is 11.8 Å². The molecule has 0 spiro atoms. The summed E-state index contributed by atoms with van der Waals surface area (Å²) in [6, 6.07) is 12.6. The first-order valence-electron chi connectivity index (χ1n) is 9.87. The number of carbonyl (C=O) groups is 2. The van der Waals surface area contributed by atoms with E-state index < -0.39 is 0 Å². The summed E-state index contributed by atoms with van der Waals surface area (Å²) in [4.78, 5) is 31.6. The Morgan fingerprint density at radius 3 is 2.52 bits per heavy atom. The third-order valence-corrected chi connectivity index (χ3v) is 5.79.